The van der Waals surface area contributed by atoms with Crippen LogP contribution < -0.4 is 0 Å². The Labute approximate surface area is 167 Å². The number of carbonyl (C=O) groups excluding carboxylic acids is 1. The van der Waals surface area contributed by atoms with E-state index in [-0.39, 0.29) is 17.7 Å². The van der Waals surface area contributed by atoms with Crippen LogP contribution in [-0.2, 0) is 9.53 Å². The van der Waals surface area contributed by atoms with Crippen LogP contribution in [-0.4, -0.2) is 18.8 Å². The Bertz CT molecular complexity index is 796. The molecule has 3 nitrogen and oxygen atoms in total. The summed E-state index contributed by atoms with van der Waals surface area (Å²) in [4.78, 5) is 10.2. The summed E-state index contributed by atoms with van der Waals surface area (Å²) < 4.78 is 19.6. The fourth-order valence-corrected chi connectivity index (χ4v) is 4.17. The zero-order valence-corrected chi connectivity index (χ0v) is 16.8. The van der Waals surface area contributed by atoms with Gasteiger partial charge in [-0.25, -0.2) is 4.39 Å². The summed E-state index contributed by atoms with van der Waals surface area (Å²) in [5.41, 5.74) is 4.49. The first-order valence-corrected chi connectivity index (χ1v) is 10.4. The van der Waals surface area contributed by atoms with Crippen molar-refractivity contribution in [1.29, 1.82) is 5.41 Å². The number of halogens is 1. The lowest BCUT2D eigenvalue weighted by Crippen LogP contribution is -2.14. The lowest BCUT2D eigenvalue weighted by atomic mass is 9.81. The molecule has 4 heteroatoms. The second kappa shape index (κ2) is 9.31. The van der Waals surface area contributed by atoms with E-state index in [0.29, 0.717) is 31.1 Å². The van der Waals surface area contributed by atoms with Gasteiger partial charge in [-0.15, -0.1) is 0 Å². The SMILES string of the molecule is CCCC/C=C1/C=C(c2ccc([C@H]3C[C@H]3CCOC=O)c(F)c2)C(C)CC1=N. The van der Waals surface area contributed by atoms with Crippen molar-refractivity contribution >= 4 is 17.8 Å². The highest BCUT2D eigenvalue weighted by Gasteiger charge is 2.39. The first-order valence-electron chi connectivity index (χ1n) is 10.4. The molecule has 0 aromatic heterocycles. The Morgan fingerprint density at radius 2 is 2.18 bits per heavy atom. The van der Waals surface area contributed by atoms with E-state index in [2.05, 4.69) is 26.0 Å². The Morgan fingerprint density at radius 1 is 1.36 bits per heavy atom. The van der Waals surface area contributed by atoms with Gasteiger partial charge in [0.15, 0.2) is 0 Å². The van der Waals surface area contributed by atoms with Gasteiger partial charge in [0.1, 0.15) is 5.82 Å². The van der Waals surface area contributed by atoms with Gasteiger partial charge in [0, 0.05) is 5.71 Å². The van der Waals surface area contributed by atoms with Crippen molar-refractivity contribution in [1.82, 2.24) is 0 Å². The van der Waals surface area contributed by atoms with Crippen LogP contribution in [0.15, 0.2) is 35.9 Å². The molecule has 1 unspecified atom stereocenters. The molecule has 150 valence electrons. The van der Waals surface area contributed by atoms with Gasteiger partial charge in [-0.2, -0.15) is 0 Å². The predicted octanol–water partition coefficient (Wildman–Crippen LogP) is 6.05. The lowest BCUT2D eigenvalue weighted by molar-refractivity contribution is -0.128. The number of unbranched alkanes of at least 4 members (excludes halogenated alkanes) is 2. The molecule has 0 radical (unpaired) electrons. The summed E-state index contributed by atoms with van der Waals surface area (Å²) in [6, 6.07) is 5.61. The average Bonchev–Trinajstić information content (AvgIpc) is 3.43. The average molecular weight is 384 g/mol. The van der Waals surface area contributed by atoms with E-state index < -0.39 is 0 Å². The number of benzene rings is 1. The van der Waals surface area contributed by atoms with E-state index in [0.717, 1.165) is 54.4 Å². The molecule has 1 aromatic rings. The molecule has 2 aliphatic carbocycles. The van der Waals surface area contributed by atoms with E-state index in [1.807, 2.05) is 12.1 Å². The highest BCUT2D eigenvalue weighted by molar-refractivity contribution is 6.05. The number of hydrogen-bond donors (Lipinski definition) is 1. The molecule has 3 atom stereocenters. The molecule has 1 aromatic carbocycles. The molecule has 28 heavy (non-hydrogen) atoms. The molecule has 1 fully saturated rings. The van der Waals surface area contributed by atoms with Crippen molar-refractivity contribution in [2.45, 2.75) is 58.3 Å². The largest absolute Gasteiger partial charge is 0.468 e. The standard InChI is InChI=1S/C24H30FNO2/c1-3-4-5-6-19-13-21(16(2)11-24(19)26)17-7-8-20(23(25)14-17)22-12-18(22)9-10-28-15-27/h6-8,13-16,18,22,26H,3-5,9-12H2,1-2H3/b19-6-,26-24?/t16?,18-,22+/m1/s1. The molecule has 0 spiro atoms. The maximum absolute atomic E-state index is 14.8. The van der Waals surface area contributed by atoms with Crippen molar-refractivity contribution in [3.63, 3.8) is 0 Å². The first-order chi connectivity index (χ1) is 13.5. The summed E-state index contributed by atoms with van der Waals surface area (Å²) in [5.74, 6) is 0.711. The Morgan fingerprint density at radius 3 is 2.89 bits per heavy atom. The van der Waals surface area contributed by atoms with Crippen molar-refractivity contribution in [2.24, 2.45) is 11.8 Å². The van der Waals surface area contributed by atoms with Crippen LogP contribution in [0.3, 0.4) is 0 Å². The van der Waals surface area contributed by atoms with Crippen molar-refractivity contribution < 1.29 is 13.9 Å². The van der Waals surface area contributed by atoms with Gasteiger partial charge in [0.2, 0.25) is 0 Å². The molecule has 0 amide bonds. The van der Waals surface area contributed by atoms with Crippen LogP contribution in [0.25, 0.3) is 5.57 Å². The number of rotatable bonds is 9. The highest BCUT2D eigenvalue weighted by atomic mass is 19.1. The van der Waals surface area contributed by atoms with Crippen molar-refractivity contribution in [3.05, 3.63) is 52.9 Å². The third-order valence-corrected chi connectivity index (χ3v) is 5.95. The maximum atomic E-state index is 14.8. The van der Waals surface area contributed by atoms with E-state index in [1.165, 1.54) is 0 Å². The number of ether oxygens (including phenoxy) is 1. The van der Waals surface area contributed by atoms with Crippen molar-refractivity contribution in [2.75, 3.05) is 6.61 Å². The van der Waals surface area contributed by atoms with Crippen LogP contribution in [0.1, 0.15) is 69.4 Å². The van der Waals surface area contributed by atoms with Gasteiger partial charge in [-0.1, -0.05) is 44.9 Å². The van der Waals surface area contributed by atoms with Gasteiger partial charge >= 0.3 is 0 Å². The molecule has 1 saturated carbocycles. The molecule has 0 bridgehead atoms. The van der Waals surface area contributed by atoms with E-state index in [9.17, 15) is 9.18 Å². The third-order valence-electron chi connectivity index (χ3n) is 5.95. The number of hydrogen-bond acceptors (Lipinski definition) is 3. The minimum absolute atomic E-state index is 0.147. The fraction of sp³-hybridized carbons (Fsp3) is 0.500. The van der Waals surface area contributed by atoms with Crippen LogP contribution in [0, 0.1) is 23.1 Å². The monoisotopic (exact) mass is 383 g/mol. The third kappa shape index (κ3) is 4.78. The zero-order chi connectivity index (χ0) is 20.1. The van der Waals surface area contributed by atoms with Gasteiger partial charge in [-0.05, 0) is 77.9 Å². The molecule has 2 aliphatic rings. The Balaban J connectivity index is 1.75. The topological polar surface area (TPSA) is 50.2 Å². The van der Waals surface area contributed by atoms with Gasteiger partial charge < -0.3 is 10.1 Å². The summed E-state index contributed by atoms with van der Waals surface area (Å²) in [5, 5.41) is 8.28. The second-order valence-electron chi connectivity index (χ2n) is 8.08. The van der Waals surface area contributed by atoms with Gasteiger partial charge in [0.05, 0.1) is 6.61 Å². The Hall–Kier alpha value is -2.23. The molecule has 3 rings (SSSR count). The summed E-state index contributed by atoms with van der Waals surface area (Å²) in [6.45, 7) is 5.15. The smallest absolute Gasteiger partial charge is 0.293 e. The summed E-state index contributed by atoms with van der Waals surface area (Å²) >= 11 is 0. The second-order valence-corrected chi connectivity index (χ2v) is 8.08. The molecular weight excluding hydrogens is 353 g/mol. The van der Waals surface area contributed by atoms with E-state index in [4.69, 9.17) is 10.1 Å². The first kappa shape index (κ1) is 20.5. The number of nitrogens with one attached hydrogen (secondary N) is 1. The van der Waals surface area contributed by atoms with Gasteiger partial charge in [-0.3, -0.25) is 4.79 Å². The molecule has 0 saturated heterocycles. The summed E-state index contributed by atoms with van der Waals surface area (Å²) in [7, 11) is 0. The highest BCUT2D eigenvalue weighted by Crippen LogP contribution is 2.50. The van der Waals surface area contributed by atoms with Crippen LogP contribution >= 0.6 is 0 Å². The Kier molecular flexibility index (Phi) is 6.82. The molecule has 0 heterocycles. The van der Waals surface area contributed by atoms with Gasteiger partial charge in [0.25, 0.3) is 6.47 Å². The van der Waals surface area contributed by atoms with Crippen LogP contribution in [0.2, 0.25) is 0 Å². The summed E-state index contributed by atoms with van der Waals surface area (Å²) in [6.07, 6.45) is 9.93. The minimum Gasteiger partial charge on any atom is -0.468 e. The van der Waals surface area contributed by atoms with E-state index >= 15 is 0 Å². The molecular formula is C24H30FNO2. The molecule has 0 aliphatic heterocycles. The maximum Gasteiger partial charge on any atom is 0.293 e. The van der Waals surface area contributed by atoms with Crippen LogP contribution in [0.5, 0.6) is 0 Å². The predicted molar refractivity (Wildman–Crippen MR) is 111 cm³/mol. The quantitative estimate of drug-likeness (QED) is 0.417. The zero-order valence-electron chi connectivity index (χ0n) is 16.8. The van der Waals surface area contributed by atoms with Crippen molar-refractivity contribution in [3.8, 4) is 0 Å². The number of allylic oxidation sites excluding steroid dienone is 4. The normalized spacial score (nSPS) is 25.5. The number of carbonyl (C=O) groups is 1. The molecule has 1 N–H and O–H groups in total. The van der Waals surface area contributed by atoms with E-state index in [1.54, 1.807) is 6.07 Å². The fourth-order valence-electron chi connectivity index (χ4n) is 4.17. The minimum atomic E-state index is -0.147. The lowest BCUT2D eigenvalue weighted by Gasteiger charge is -2.24. The van der Waals surface area contributed by atoms with Crippen LogP contribution in [0.4, 0.5) is 4.39 Å².